The first-order chi connectivity index (χ1) is 9.13. The van der Waals surface area contributed by atoms with Crippen LogP contribution >= 0.6 is 0 Å². The number of hydrogen-bond acceptors (Lipinski definition) is 3. The summed E-state index contributed by atoms with van der Waals surface area (Å²) in [6.07, 6.45) is 0. The summed E-state index contributed by atoms with van der Waals surface area (Å²) in [4.78, 5) is 6.55. The van der Waals surface area contributed by atoms with Crippen molar-refractivity contribution in [3.63, 3.8) is 0 Å². The molecule has 0 radical (unpaired) electrons. The van der Waals surface area contributed by atoms with E-state index in [1.54, 1.807) is 6.07 Å². The van der Waals surface area contributed by atoms with Crippen molar-refractivity contribution >= 4 is 17.3 Å². The second-order valence-corrected chi connectivity index (χ2v) is 4.33. The van der Waals surface area contributed by atoms with Crippen LogP contribution in [0, 0.1) is 12.3 Å². The second kappa shape index (κ2) is 5.52. The van der Waals surface area contributed by atoms with E-state index in [-0.39, 0.29) is 5.84 Å². The molecule has 0 aliphatic heterocycles. The van der Waals surface area contributed by atoms with Gasteiger partial charge in [0.2, 0.25) is 0 Å². The van der Waals surface area contributed by atoms with Crippen LogP contribution in [-0.2, 0) is 0 Å². The van der Waals surface area contributed by atoms with Gasteiger partial charge in [0.1, 0.15) is 17.3 Å². The van der Waals surface area contributed by atoms with Crippen LogP contribution in [0.25, 0.3) is 0 Å². The van der Waals surface area contributed by atoms with Crippen molar-refractivity contribution in [3.8, 4) is 0 Å². The van der Waals surface area contributed by atoms with Crippen LogP contribution in [0.3, 0.4) is 0 Å². The molecule has 2 rings (SSSR count). The third kappa shape index (κ3) is 2.73. The molecular formula is C15H18N4. The molecule has 0 unspecified atom stereocenters. The summed E-state index contributed by atoms with van der Waals surface area (Å²) < 4.78 is 0. The first kappa shape index (κ1) is 13.1. The number of nitrogens with zero attached hydrogens (tertiary/aromatic N) is 2. The summed E-state index contributed by atoms with van der Waals surface area (Å²) >= 11 is 0. The minimum Gasteiger partial charge on any atom is -0.382 e. The van der Waals surface area contributed by atoms with Gasteiger partial charge in [-0.15, -0.1) is 0 Å². The highest BCUT2D eigenvalue weighted by Gasteiger charge is 2.11. The summed E-state index contributed by atoms with van der Waals surface area (Å²) in [5, 5.41) is 7.47. The van der Waals surface area contributed by atoms with E-state index in [0.29, 0.717) is 5.69 Å². The van der Waals surface area contributed by atoms with Crippen molar-refractivity contribution in [2.24, 2.45) is 5.73 Å². The van der Waals surface area contributed by atoms with Gasteiger partial charge in [-0.2, -0.15) is 0 Å². The van der Waals surface area contributed by atoms with Crippen molar-refractivity contribution in [3.05, 3.63) is 53.7 Å². The molecule has 0 spiro atoms. The molecule has 0 aliphatic carbocycles. The molecule has 1 aromatic carbocycles. The minimum atomic E-state index is -0.0114. The van der Waals surface area contributed by atoms with Gasteiger partial charge < -0.3 is 10.6 Å². The van der Waals surface area contributed by atoms with Crippen molar-refractivity contribution in [1.29, 1.82) is 5.41 Å². The molecule has 4 heteroatoms. The van der Waals surface area contributed by atoms with Crippen LogP contribution < -0.4 is 10.6 Å². The lowest BCUT2D eigenvalue weighted by Crippen LogP contribution is -2.20. The summed E-state index contributed by atoms with van der Waals surface area (Å²) in [6.45, 7) is 4.96. The zero-order valence-corrected chi connectivity index (χ0v) is 11.2. The monoisotopic (exact) mass is 254 g/mol. The molecule has 98 valence electrons. The molecule has 3 N–H and O–H groups in total. The molecule has 1 aromatic heterocycles. The molecule has 0 amide bonds. The molecule has 0 saturated carbocycles. The molecule has 19 heavy (non-hydrogen) atoms. The quantitative estimate of drug-likeness (QED) is 0.651. The van der Waals surface area contributed by atoms with Crippen LogP contribution in [0.2, 0.25) is 0 Å². The number of rotatable bonds is 4. The van der Waals surface area contributed by atoms with Gasteiger partial charge in [-0.3, -0.25) is 5.41 Å². The van der Waals surface area contributed by atoms with E-state index in [1.807, 2.05) is 24.3 Å². The number of pyridine rings is 1. The lowest BCUT2D eigenvalue weighted by atomic mass is 10.2. The molecule has 1 heterocycles. The Labute approximate surface area is 113 Å². The first-order valence-corrected chi connectivity index (χ1v) is 6.28. The normalized spacial score (nSPS) is 10.2. The Morgan fingerprint density at radius 3 is 2.58 bits per heavy atom. The lowest BCUT2D eigenvalue weighted by Gasteiger charge is -2.24. The highest BCUT2D eigenvalue weighted by atomic mass is 15.2. The fourth-order valence-corrected chi connectivity index (χ4v) is 2.05. The Kier molecular flexibility index (Phi) is 3.80. The van der Waals surface area contributed by atoms with E-state index in [9.17, 15) is 0 Å². The highest BCUT2D eigenvalue weighted by molar-refractivity contribution is 5.93. The smallest absolute Gasteiger partial charge is 0.141 e. The Morgan fingerprint density at radius 1 is 1.21 bits per heavy atom. The van der Waals surface area contributed by atoms with E-state index in [1.165, 1.54) is 5.56 Å². The van der Waals surface area contributed by atoms with Gasteiger partial charge in [-0.25, -0.2) is 4.98 Å². The number of nitrogens with one attached hydrogen (secondary N) is 1. The maximum absolute atomic E-state index is 7.47. The number of aromatic nitrogens is 1. The standard InChI is InChI=1S/C15H18N4/c1-3-19(13-9-5-4-7-11(13)2)14-10-6-8-12(18-14)15(16)17/h4-10H,3H2,1-2H3,(H3,16,17). The zero-order valence-electron chi connectivity index (χ0n) is 11.2. The Hall–Kier alpha value is -2.36. The molecule has 0 fully saturated rings. The molecular weight excluding hydrogens is 236 g/mol. The van der Waals surface area contributed by atoms with Gasteiger partial charge in [0.25, 0.3) is 0 Å². The average Bonchev–Trinajstić information content (AvgIpc) is 2.42. The van der Waals surface area contributed by atoms with Crippen LogP contribution in [0.5, 0.6) is 0 Å². The fraction of sp³-hybridized carbons (Fsp3) is 0.200. The third-order valence-corrected chi connectivity index (χ3v) is 3.01. The lowest BCUT2D eigenvalue weighted by molar-refractivity contribution is 0.980. The number of benzene rings is 1. The molecule has 0 atom stereocenters. The first-order valence-electron chi connectivity index (χ1n) is 6.28. The Balaban J connectivity index is 2.45. The SMILES string of the molecule is CCN(c1cccc(C(=N)N)n1)c1ccccc1C. The van der Waals surface area contributed by atoms with Crippen LogP contribution in [0.15, 0.2) is 42.5 Å². The van der Waals surface area contributed by atoms with Crippen LogP contribution in [0.4, 0.5) is 11.5 Å². The number of amidine groups is 1. The number of para-hydroxylation sites is 1. The second-order valence-electron chi connectivity index (χ2n) is 4.33. The molecule has 2 aromatic rings. The number of nitrogens with two attached hydrogens (primary N) is 1. The fourth-order valence-electron chi connectivity index (χ4n) is 2.05. The van der Waals surface area contributed by atoms with Gasteiger partial charge in [0.15, 0.2) is 0 Å². The van der Waals surface area contributed by atoms with Gasteiger partial charge >= 0.3 is 0 Å². The van der Waals surface area contributed by atoms with Gasteiger partial charge in [0.05, 0.1) is 0 Å². The summed E-state index contributed by atoms with van der Waals surface area (Å²) in [6, 6.07) is 13.7. The molecule has 0 aliphatic rings. The summed E-state index contributed by atoms with van der Waals surface area (Å²) in [5.74, 6) is 0.798. The summed E-state index contributed by atoms with van der Waals surface area (Å²) in [5.41, 5.74) is 8.32. The van der Waals surface area contributed by atoms with Crippen LogP contribution in [0.1, 0.15) is 18.2 Å². The van der Waals surface area contributed by atoms with Gasteiger partial charge in [-0.1, -0.05) is 24.3 Å². The minimum absolute atomic E-state index is 0.0114. The summed E-state index contributed by atoms with van der Waals surface area (Å²) in [7, 11) is 0. The van der Waals surface area contributed by atoms with Crippen molar-refractivity contribution in [1.82, 2.24) is 4.98 Å². The largest absolute Gasteiger partial charge is 0.382 e. The highest BCUT2D eigenvalue weighted by Crippen LogP contribution is 2.26. The van der Waals surface area contributed by atoms with Gasteiger partial charge in [0, 0.05) is 12.2 Å². The van der Waals surface area contributed by atoms with Gasteiger partial charge in [-0.05, 0) is 37.6 Å². The Bertz CT molecular complexity index is 592. The van der Waals surface area contributed by atoms with E-state index < -0.39 is 0 Å². The van der Waals surface area contributed by atoms with E-state index in [4.69, 9.17) is 11.1 Å². The van der Waals surface area contributed by atoms with E-state index in [2.05, 4.69) is 35.9 Å². The third-order valence-electron chi connectivity index (χ3n) is 3.01. The molecule has 4 nitrogen and oxygen atoms in total. The number of anilines is 2. The molecule has 0 saturated heterocycles. The zero-order chi connectivity index (χ0) is 13.8. The number of nitrogen functional groups attached to an aromatic ring is 1. The maximum atomic E-state index is 7.47. The predicted octanol–water partition coefficient (Wildman–Crippen LogP) is 2.83. The maximum Gasteiger partial charge on any atom is 0.141 e. The van der Waals surface area contributed by atoms with Crippen molar-refractivity contribution in [2.45, 2.75) is 13.8 Å². The van der Waals surface area contributed by atoms with E-state index in [0.717, 1.165) is 18.1 Å². The number of hydrogen-bond donors (Lipinski definition) is 2. The van der Waals surface area contributed by atoms with Crippen molar-refractivity contribution in [2.75, 3.05) is 11.4 Å². The van der Waals surface area contributed by atoms with Crippen LogP contribution in [-0.4, -0.2) is 17.4 Å². The number of aryl methyl sites for hydroxylation is 1. The average molecular weight is 254 g/mol. The topological polar surface area (TPSA) is 66.0 Å². The Morgan fingerprint density at radius 2 is 1.95 bits per heavy atom. The molecule has 0 bridgehead atoms. The van der Waals surface area contributed by atoms with Crippen molar-refractivity contribution < 1.29 is 0 Å². The predicted molar refractivity (Wildman–Crippen MR) is 79.1 cm³/mol. The van der Waals surface area contributed by atoms with E-state index >= 15 is 0 Å².